The summed E-state index contributed by atoms with van der Waals surface area (Å²) in [4.78, 5) is 46.4. The summed E-state index contributed by atoms with van der Waals surface area (Å²) in [5.74, 6) is -1.25. The van der Waals surface area contributed by atoms with E-state index in [0.717, 1.165) is 21.7 Å². The summed E-state index contributed by atoms with van der Waals surface area (Å²) in [6.07, 6.45) is -0.728. The fourth-order valence-electron chi connectivity index (χ4n) is 4.67. The number of nitrogens with two attached hydrogens (primary N) is 1. The first kappa shape index (κ1) is 40.7. The lowest BCUT2D eigenvalue weighted by Crippen LogP contribution is -2.58. The summed E-state index contributed by atoms with van der Waals surface area (Å²) in [6, 6.07) is 6.08. The lowest BCUT2D eigenvalue weighted by Gasteiger charge is -2.35. The van der Waals surface area contributed by atoms with Crippen molar-refractivity contribution in [3.05, 3.63) is 41.0 Å². The molecule has 0 unspecified atom stereocenters. The van der Waals surface area contributed by atoms with Gasteiger partial charge in [-0.15, -0.1) is 36.2 Å². The maximum absolute atomic E-state index is 13.7. The van der Waals surface area contributed by atoms with Gasteiger partial charge in [0, 0.05) is 26.1 Å². The number of aliphatic hydroxyl groups is 1. The predicted molar refractivity (Wildman–Crippen MR) is 178 cm³/mol. The first-order chi connectivity index (χ1) is 20.5. The molecule has 3 rings (SSSR count). The van der Waals surface area contributed by atoms with Gasteiger partial charge in [0.25, 0.3) is 0 Å². The Bertz CT molecular complexity index is 1200. The fourth-order valence-corrected chi connectivity index (χ4v) is 5.48. The Kier molecular flexibility index (Phi) is 18.1. The van der Waals surface area contributed by atoms with E-state index in [1.165, 1.54) is 4.90 Å². The number of nitrogens with one attached hydrogen (secondary N) is 2. The Morgan fingerprint density at radius 3 is 2.27 bits per heavy atom. The average molecular weight is 693 g/mol. The van der Waals surface area contributed by atoms with E-state index < -0.39 is 35.4 Å². The summed E-state index contributed by atoms with van der Waals surface area (Å²) in [7, 11) is 0. The summed E-state index contributed by atoms with van der Waals surface area (Å²) < 4.78 is 16.0. The number of aromatic nitrogens is 1. The molecule has 45 heavy (non-hydrogen) atoms. The van der Waals surface area contributed by atoms with Crippen molar-refractivity contribution in [1.29, 1.82) is 0 Å². The van der Waals surface area contributed by atoms with Gasteiger partial charge in [-0.25, -0.2) is 4.98 Å². The SMILES string of the molecule is Cc1ncsc1-c1ccc(CNC(=O)[C@@H]2C[C@@H](O)CN2C(=O)[C@@H](NC(=O)COCCOCCOCCN)C(C)(C)C)cc1.Cl.Cl. The molecule has 1 saturated heterocycles. The van der Waals surface area contributed by atoms with Gasteiger partial charge in [-0.05, 0) is 23.5 Å². The topological polar surface area (TPSA) is 165 Å². The number of carbonyl (C=O) groups is 3. The minimum absolute atomic E-state index is 0. The minimum Gasteiger partial charge on any atom is -0.391 e. The highest BCUT2D eigenvalue weighted by molar-refractivity contribution is 7.13. The fraction of sp³-hybridized carbons (Fsp3) is 0.600. The number of aryl methyl sites for hydroxylation is 1. The second-order valence-electron chi connectivity index (χ2n) is 11.5. The molecule has 15 heteroatoms. The van der Waals surface area contributed by atoms with Gasteiger partial charge < -0.3 is 40.6 Å². The van der Waals surface area contributed by atoms with Gasteiger partial charge in [-0.3, -0.25) is 14.4 Å². The number of likely N-dealkylation sites (tertiary alicyclic amines) is 1. The molecular formula is C30H47Cl2N5O7S. The zero-order chi connectivity index (χ0) is 31.4. The molecule has 254 valence electrons. The van der Waals surface area contributed by atoms with Crippen molar-refractivity contribution in [3.8, 4) is 10.4 Å². The molecule has 1 fully saturated rings. The van der Waals surface area contributed by atoms with Crippen LogP contribution in [0.25, 0.3) is 10.4 Å². The van der Waals surface area contributed by atoms with Crippen molar-refractivity contribution in [2.75, 3.05) is 52.7 Å². The lowest BCUT2D eigenvalue weighted by molar-refractivity contribution is -0.144. The van der Waals surface area contributed by atoms with Gasteiger partial charge in [0.2, 0.25) is 17.7 Å². The van der Waals surface area contributed by atoms with Crippen LogP contribution < -0.4 is 16.4 Å². The van der Waals surface area contributed by atoms with Gasteiger partial charge >= 0.3 is 0 Å². The van der Waals surface area contributed by atoms with Crippen LogP contribution in [0.5, 0.6) is 0 Å². The molecule has 0 bridgehead atoms. The molecule has 1 aromatic heterocycles. The third-order valence-electron chi connectivity index (χ3n) is 6.95. The quantitative estimate of drug-likeness (QED) is 0.193. The predicted octanol–water partition coefficient (Wildman–Crippen LogP) is 2.08. The van der Waals surface area contributed by atoms with Crippen LogP contribution in [0.2, 0.25) is 0 Å². The first-order valence-electron chi connectivity index (χ1n) is 14.5. The maximum Gasteiger partial charge on any atom is 0.246 e. The minimum atomic E-state index is -0.928. The molecule has 0 aliphatic carbocycles. The highest BCUT2D eigenvalue weighted by atomic mass is 35.5. The van der Waals surface area contributed by atoms with Crippen molar-refractivity contribution in [2.24, 2.45) is 11.1 Å². The number of amides is 3. The van der Waals surface area contributed by atoms with Crippen molar-refractivity contribution in [1.82, 2.24) is 20.5 Å². The number of carbonyl (C=O) groups excluding carboxylic acids is 3. The van der Waals surface area contributed by atoms with E-state index in [0.29, 0.717) is 33.0 Å². The van der Waals surface area contributed by atoms with Crippen LogP contribution >= 0.6 is 36.2 Å². The number of benzene rings is 1. The molecular weight excluding hydrogens is 645 g/mol. The number of β-amino-alcohol motifs (C(OH)–C–C–N with tert-alkyl or cyclic N) is 1. The zero-order valence-electron chi connectivity index (χ0n) is 26.3. The van der Waals surface area contributed by atoms with Gasteiger partial charge in [-0.2, -0.15) is 0 Å². The third kappa shape index (κ3) is 12.7. The number of thiazole rings is 1. The number of rotatable bonds is 16. The van der Waals surface area contributed by atoms with Crippen LogP contribution in [-0.4, -0.2) is 104 Å². The van der Waals surface area contributed by atoms with Crippen LogP contribution in [0, 0.1) is 12.3 Å². The largest absolute Gasteiger partial charge is 0.391 e. The molecule has 0 spiro atoms. The normalized spacial score (nSPS) is 16.8. The van der Waals surface area contributed by atoms with Crippen LogP contribution in [0.15, 0.2) is 29.8 Å². The highest BCUT2D eigenvalue weighted by Gasteiger charge is 2.44. The van der Waals surface area contributed by atoms with E-state index >= 15 is 0 Å². The second-order valence-corrected chi connectivity index (χ2v) is 12.4. The molecule has 1 aliphatic heterocycles. The van der Waals surface area contributed by atoms with Crippen molar-refractivity contribution in [2.45, 2.75) is 58.8 Å². The van der Waals surface area contributed by atoms with E-state index in [1.807, 2.05) is 57.5 Å². The molecule has 1 aromatic carbocycles. The molecule has 12 nitrogen and oxygen atoms in total. The summed E-state index contributed by atoms with van der Waals surface area (Å²) in [6.45, 7) is 9.72. The van der Waals surface area contributed by atoms with E-state index in [-0.39, 0.29) is 63.4 Å². The van der Waals surface area contributed by atoms with E-state index in [4.69, 9.17) is 19.9 Å². The summed E-state index contributed by atoms with van der Waals surface area (Å²) >= 11 is 1.58. The Hall–Kier alpha value is -2.36. The van der Waals surface area contributed by atoms with Crippen LogP contribution in [0.3, 0.4) is 0 Å². The molecule has 1 aliphatic rings. The molecule has 0 radical (unpaired) electrons. The van der Waals surface area contributed by atoms with Crippen molar-refractivity contribution >= 4 is 53.9 Å². The monoisotopic (exact) mass is 691 g/mol. The van der Waals surface area contributed by atoms with Crippen LogP contribution in [0.4, 0.5) is 0 Å². The number of aliphatic hydroxyl groups excluding tert-OH is 1. The number of hydrogen-bond acceptors (Lipinski definition) is 10. The summed E-state index contributed by atoms with van der Waals surface area (Å²) in [5, 5.41) is 16.1. The van der Waals surface area contributed by atoms with Gasteiger partial charge in [0.05, 0.1) is 55.2 Å². The second kappa shape index (κ2) is 20.0. The molecule has 3 atom stereocenters. The Morgan fingerprint density at radius 2 is 1.69 bits per heavy atom. The molecule has 2 aromatic rings. The van der Waals surface area contributed by atoms with Crippen molar-refractivity contribution in [3.63, 3.8) is 0 Å². The number of halogens is 2. The van der Waals surface area contributed by atoms with Gasteiger partial charge in [-0.1, -0.05) is 45.0 Å². The standard InChI is InChI=1S/C30H45N5O7S.2ClH/c1-20-26(43-19-33-20)22-7-5-21(6-8-22)16-32-28(38)24-15-23(36)17-35(24)29(39)27(30(2,3)4)34-25(37)18-42-14-13-41-12-11-40-10-9-31;;/h5-8,19,23-24,27,36H,9-18,31H2,1-4H3,(H,32,38)(H,34,37);2*1H/t23-,24+,27-;;/m1../s1. The molecule has 5 N–H and O–H groups in total. The highest BCUT2D eigenvalue weighted by Crippen LogP contribution is 2.28. The Balaban J connectivity index is 0.00000506. The first-order valence-corrected chi connectivity index (χ1v) is 15.4. The van der Waals surface area contributed by atoms with Gasteiger partial charge in [0.1, 0.15) is 18.7 Å². The van der Waals surface area contributed by atoms with E-state index in [2.05, 4.69) is 15.6 Å². The Labute approximate surface area is 281 Å². The third-order valence-corrected chi connectivity index (χ3v) is 7.93. The summed E-state index contributed by atoms with van der Waals surface area (Å²) in [5.41, 5.74) is 9.44. The number of ether oxygens (including phenoxy) is 3. The number of nitrogens with zero attached hydrogens (tertiary/aromatic N) is 2. The van der Waals surface area contributed by atoms with Gasteiger partial charge in [0.15, 0.2) is 0 Å². The Morgan fingerprint density at radius 1 is 1.07 bits per heavy atom. The average Bonchev–Trinajstić information content (AvgIpc) is 3.58. The van der Waals surface area contributed by atoms with Crippen LogP contribution in [0.1, 0.15) is 38.4 Å². The molecule has 0 saturated carbocycles. The number of hydrogen-bond donors (Lipinski definition) is 4. The van der Waals surface area contributed by atoms with Crippen molar-refractivity contribution < 1.29 is 33.7 Å². The van der Waals surface area contributed by atoms with E-state index in [9.17, 15) is 19.5 Å². The van der Waals surface area contributed by atoms with E-state index in [1.54, 1.807) is 11.3 Å². The molecule has 3 amide bonds. The maximum atomic E-state index is 13.7. The zero-order valence-corrected chi connectivity index (χ0v) is 28.7. The lowest BCUT2D eigenvalue weighted by atomic mass is 9.85. The smallest absolute Gasteiger partial charge is 0.246 e. The van der Waals surface area contributed by atoms with Crippen LogP contribution in [-0.2, 0) is 35.1 Å². The molecule has 2 heterocycles.